The van der Waals surface area contributed by atoms with Gasteiger partial charge in [0, 0.05) is 12.6 Å². The van der Waals surface area contributed by atoms with E-state index in [1.54, 1.807) is 26.8 Å². The molecule has 0 aliphatic carbocycles. The van der Waals surface area contributed by atoms with Crippen LogP contribution in [0, 0.1) is 0 Å². The van der Waals surface area contributed by atoms with Crippen molar-refractivity contribution in [1.29, 1.82) is 0 Å². The number of ether oxygens (including phenoxy) is 2. The number of hydrogen-bond acceptors (Lipinski definition) is 4. The van der Waals surface area contributed by atoms with Crippen molar-refractivity contribution in [2.24, 2.45) is 5.73 Å². The van der Waals surface area contributed by atoms with Crippen LogP contribution in [-0.2, 0) is 4.74 Å². The zero-order chi connectivity index (χ0) is 16.9. The zero-order valence-corrected chi connectivity index (χ0v) is 13.2. The van der Waals surface area contributed by atoms with Gasteiger partial charge in [0.15, 0.2) is 0 Å². The third kappa shape index (κ3) is 5.14. The first-order valence-corrected chi connectivity index (χ1v) is 6.84. The zero-order valence-electron chi connectivity index (χ0n) is 13.2. The van der Waals surface area contributed by atoms with Crippen LogP contribution < -0.4 is 15.8 Å². The van der Waals surface area contributed by atoms with Gasteiger partial charge >= 0.3 is 6.09 Å². The second-order valence-corrected chi connectivity index (χ2v) is 5.76. The summed E-state index contributed by atoms with van der Waals surface area (Å²) >= 11 is 0. The van der Waals surface area contributed by atoms with Gasteiger partial charge in [0.1, 0.15) is 11.4 Å². The predicted octanol–water partition coefficient (Wildman–Crippen LogP) is 3.35. The summed E-state index contributed by atoms with van der Waals surface area (Å²) in [6.45, 7) is 4.88. The molecular formula is C15H22F2N2O3. The van der Waals surface area contributed by atoms with Crippen molar-refractivity contribution in [2.45, 2.75) is 38.7 Å². The molecule has 0 radical (unpaired) electrons. The standard InChI is InChI=1S/C15H22F2N2O3/c1-15(2,3)22-14(20)19-12-7-9(21-4)5-6-10(12)11(8-18)13(16)17/h5-7,11,13H,8,18H2,1-4H3,(H,19,20). The molecular weight excluding hydrogens is 294 g/mol. The number of alkyl halides is 2. The second kappa shape index (κ2) is 7.40. The minimum absolute atomic E-state index is 0.198. The smallest absolute Gasteiger partial charge is 0.412 e. The maximum atomic E-state index is 13.1. The molecule has 1 aromatic rings. The van der Waals surface area contributed by atoms with E-state index < -0.39 is 24.0 Å². The molecule has 0 fully saturated rings. The average molecular weight is 316 g/mol. The van der Waals surface area contributed by atoms with E-state index >= 15 is 0 Å². The maximum absolute atomic E-state index is 13.1. The van der Waals surface area contributed by atoms with Crippen molar-refractivity contribution >= 4 is 11.8 Å². The Bertz CT molecular complexity index is 516. The summed E-state index contributed by atoms with van der Waals surface area (Å²) in [5.41, 5.74) is 5.17. The van der Waals surface area contributed by atoms with Gasteiger partial charge in [-0.15, -0.1) is 0 Å². The molecule has 0 spiro atoms. The van der Waals surface area contributed by atoms with E-state index in [2.05, 4.69) is 5.32 Å². The minimum Gasteiger partial charge on any atom is -0.497 e. The van der Waals surface area contributed by atoms with E-state index in [0.717, 1.165) is 0 Å². The number of halogens is 2. The lowest BCUT2D eigenvalue weighted by atomic mass is 9.97. The summed E-state index contributed by atoms with van der Waals surface area (Å²) in [6, 6.07) is 4.47. The molecule has 0 aromatic heterocycles. The molecule has 0 heterocycles. The molecule has 7 heteroatoms. The second-order valence-electron chi connectivity index (χ2n) is 5.76. The summed E-state index contributed by atoms with van der Waals surface area (Å²) in [7, 11) is 1.44. The van der Waals surface area contributed by atoms with Crippen LogP contribution in [0.25, 0.3) is 0 Å². The van der Waals surface area contributed by atoms with Gasteiger partial charge in [-0.25, -0.2) is 13.6 Å². The Balaban J connectivity index is 3.11. The van der Waals surface area contributed by atoms with Crippen molar-refractivity contribution in [3.63, 3.8) is 0 Å². The number of benzene rings is 1. The number of carbonyl (C=O) groups excluding carboxylic acids is 1. The summed E-state index contributed by atoms with van der Waals surface area (Å²) < 4.78 is 36.4. The highest BCUT2D eigenvalue weighted by Gasteiger charge is 2.25. The normalized spacial score (nSPS) is 12.9. The molecule has 0 aliphatic heterocycles. The third-order valence-electron chi connectivity index (χ3n) is 2.85. The number of hydrogen-bond donors (Lipinski definition) is 2. The Hall–Kier alpha value is -1.89. The van der Waals surface area contributed by atoms with Gasteiger partial charge in [-0.05, 0) is 32.4 Å². The lowest BCUT2D eigenvalue weighted by molar-refractivity contribution is 0.0634. The summed E-state index contributed by atoms with van der Waals surface area (Å²) in [5, 5.41) is 2.48. The molecule has 1 amide bonds. The lowest BCUT2D eigenvalue weighted by Crippen LogP contribution is -2.28. The first kappa shape index (κ1) is 18.2. The fraction of sp³-hybridized carbons (Fsp3) is 0.533. The highest BCUT2D eigenvalue weighted by Crippen LogP contribution is 2.32. The summed E-state index contributed by atoms with van der Waals surface area (Å²) in [4.78, 5) is 11.9. The predicted molar refractivity (Wildman–Crippen MR) is 80.7 cm³/mol. The number of carbonyl (C=O) groups is 1. The molecule has 0 bridgehead atoms. The van der Waals surface area contributed by atoms with Gasteiger partial charge in [0.25, 0.3) is 0 Å². The van der Waals surface area contributed by atoms with Gasteiger partial charge in [-0.3, -0.25) is 5.32 Å². The number of rotatable bonds is 5. The lowest BCUT2D eigenvalue weighted by Gasteiger charge is -2.22. The van der Waals surface area contributed by atoms with E-state index in [9.17, 15) is 13.6 Å². The van der Waals surface area contributed by atoms with Crippen molar-refractivity contribution in [1.82, 2.24) is 0 Å². The number of nitrogens with one attached hydrogen (secondary N) is 1. The van der Waals surface area contributed by atoms with Crippen molar-refractivity contribution in [2.75, 3.05) is 19.0 Å². The Labute approximate surface area is 128 Å². The van der Waals surface area contributed by atoms with E-state index in [0.29, 0.717) is 5.75 Å². The van der Waals surface area contributed by atoms with Crippen molar-refractivity contribution in [3.8, 4) is 5.75 Å². The van der Waals surface area contributed by atoms with Crippen LogP contribution in [0.1, 0.15) is 32.3 Å². The van der Waals surface area contributed by atoms with E-state index in [-0.39, 0.29) is 17.8 Å². The van der Waals surface area contributed by atoms with Crippen LogP contribution in [0.4, 0.5) is 19.3 Å². The molecule has 1 rings (SSSR count). The molecule has 1 aromatic carbocycles. The van der Waals surface area contributed by atoms with E-state index in [1.165, 1.54) is 19.2 Å². The van der Waals surface area contributed by atoms with Crippen LogP contribution in [0.5, 0.6) is 5.75 Å². The topological polar surface area (TPSA) is 73.6 Å². The number of amides is 1. The Morgan fingerprint density at radius 2 is 2.00 bits per heavy atom. The molecule has 124 valence electrons. The SMILES string of the molecule is COc1ccc(C(CN)C(F)F)c(NC(=O)OC(C)(C)C)c1. The number of anilines is 1. The first-order valence-electron chi connectivity index (χ1n) is 6.84. The van der Waals surface area contributed by atoms with Gasteiger partial charge < -0.3 is 15.2 Å². The quantitative estimate of drug-likeness (QED) is 0.873. The van der Waals surface area contributed by atoms with Crippen LogP contribution in [0.15, 0.2) is 18.2 Å². The Morgan fingerprint density at radius 1 is 1.36 bits per heavy atom. The largest absolute Gasteiger partial charge is 0.497 e. The van der Waals surface area contributed by atoms with Gasteiger partial charge in [-0.2, -0.15) is 0 Å². The first-order chi connectivity index (χ1) is 10.2. The average Bonchev–Trinajstić information content (AvgIpc) is 2.38. The maximum Gasteiger partial charge on any atom is 0.412 e. The van der Waals surface area contributed by atoms with E-state index in [1.807, 2.05) is 0 Å². The molecule has 5 nitrogen and oxygen atoms in total. The van der Waals surface area contributed by atoms with E-state index in [4.69, 9.17) is 15.2 Å². The molecule has 1 atom stereocenters. The van der Waals surface area contributed by atoms with Crippen LogP contribution in [-0.4, -0.2) is 31.8 Å². The Morgan fingerprint density at radius 3 is 2.45 bits per heavy atom. The fourth-order valence-corrected chi connectivity index (χ4v) is 1.87. The van der Waals surface area contributed by atoms with Crippen LogP contribution >= 0.6 is 0 Å². The molecule has 0 saturated heterocycles. The molecule has 22 heavy (non-hydrogen) atoms. The fourth-order valence-electron chi connectivity index (χ4n) is 1.87. The minimum atomic E-state index is -2.64. The number of methoxy groups -OCH3 is 1. The van der Waals surface area contributed by atoms with Gasteiger partial charge in [-0.1, -0.05) is 6.07 Å². The van der Waals surface area contributed by atoms with Gasteiger partial charge in [0.05, 0.1) is 18.7 Å². The monoisotopic (exact) mass is 316 g/mol. The highest BCUT2D eigenvalue weighted by molar-refractivity contribution is 5.86. The van der Waals surface area contributed by atoms with Crippen molar-refractivity contribution in [3.05, 3.63) is 23.8 Å². The summed E-state index contributed by atoms with van der Waals surface area (Å²) in [6.07, 6.45) is -3.37. The Kier molecular flexibility index (Phi) is 6.11. The molecule has 0 saturated carbocycles. The molecule has 3 N–H and O–H groups in total. The third-order valence-corrected chi connectivity index (χ3v) is 2.85. The van der Waals surface area contributed by atoms with Gasteiger partial charge in [0.2, 0.25) is 6.43 Å². The molecule has 1 unspecified atom stereocenters. The number of nitrogens with two attached hydrogens (primary N) is 1. The van der Waals surface area contributed by atoms with Crippen molar-refractivity contribution < 1.29 is 23.0 Å². The van der Waals surface area contributed by atoms with Crippen LogP contribution in [0.2, 0.25) is 0 Å². The highest BCUT2D eigenvalue weighted by atomic mass is 19.3. The van der Waals surface area contributed by atoms with Crippen LogP contribution in [0.3, 0.4) is 0 Å². The molecule has 0 aliphatic rings. The summed E-state index contributed by atoms with van der Waals surface area (Å²) in [5.74, 6) is -0.754.